The SMILES string of the molecule is Cn1ccc(C(=O)Nc2cc(Cl)ccc2C#CCN)n1. The van der Waals surface area contributed by atoms with E-state index in [2.05, 4.69) is 22.3 Å². The largest absolute Gasteiger partial charge is 0.320 e. The van der Waals surface area contributed by atoms with Crippen LogP contribution in [0.2, 0.25) is 5.02 Å². The van der Waals surface area contributed by atoms with Gasteiger partial charge in [0.1, 0.15) is 0 Å². The summed E-state index contributed by atoms with van der Waals surface area (Å²) in [6.07, 6.45) is 1.70. The van der Waals surface area contributed by atoms with Crippen LogP contribution in [-0.4, -0.2) is 22.2 Å². The second kappa shape index (κ2) is 6.24. The van der Waals surface area contributed by atoms with Gasteiger partial charge in [-0.15, -0.1) is 0 Å². The normalized spacial score (nSPS) is 9.75. The van der Waals surface area contributed by atoms with Gasteiger partial charge in [0, 0.05) is 23.8 Å². The van der Waals surface area contributed by atoms with Crippen LogP contribution in [0.4, 0.5) is 5.69 Å². The second-order valence-electron chi connectivity index (χ2n) is 4.02. The van der Waals surface area contributed by atoms with E-state index < -0.39 is 0 Å². The molecule has 0 saturated carbocycles. The molecule has 0 bridgehead atoms. The van der Waals surface area contributed by atoms with Crippen molar-refractivity contribution < 1.29 is 4.79 Å². The van der Waals surface area contributed by atoms with Crippen molar-refractivity contribution in [2.24, 2.45) is 12.8 Å². The molecule has 0 radical (unpaired) electrons. The Bertz CT molecular complexity index is 697. The molecule has 3 N–H and O–H groups in total. The fourth-order valence-electron chi connectivity index (χ4n) is 1.60. The molecule has 102 valence electrons. The van der Waals surface area contributed by atoms with Crippen molar-refractivity contribution in [1.29, 1.82) is 0 Å². The summed E-state index contributed by atoms with van der Waals surface area (Å²) in [6, 6.07) is 6.71. The van der Waals surface area contributed by atoms with Crippen molar-refractivity contribution in [2.75, 3.05) is 11.9 Å². The lowest BCUT2D eigenvalue weighted by Crippen LogP contribution is -2.14. The first-order valence-electron chi connectivity index (χ1n) is 5.89. The highest BCUT2D eigenvalue weighted by Crippen LogP contribution is 2.21. The van der Waals surface area contributed by atoms with Gasteiger partial charge in [-0.2, -0.15) is 5.10 Å². The van der Waals surface area contributed by atoms with Gasteiger partial charge in [-0.1, -0.05) is 23.4 Å². The summed E-state index contributed by atoms with van der Waals surface area (Å²) < 4.78 is 1.56. The maximum atomic E-state index is 12.1. The molecule has 0 spiro atoms. The number of nitrogens with zero attached hydrogens (tertiary/aromatic N) is 2. The predicted octanol–water partition coefficient (Wildman–Crippen LogP) is 1.64. The lowest BCUT2D eigenvalue weighted by molar-refractivity contribution is 0.102. The topological polar surface area (TPSA) is 72.9 Å². The van der Waals surface area contributed by atoms with Crippen molar-refractivity contribution in [3.63, 3.8) is 0 Å². The van der Waals surface area contributed by atoms with Gasteiger partial charge in [0.2, 0.25) is 0 Å². The zero-order chi connectivity index (χ0) is 14.5. The molecule has 0 saturated heterocycles. The Labute approximate surface area is 121 Å². The molecule has 0 fully saturated rings. The van der Waals surface area contributed by atoms with Gasteiger partial charge in [-0.25, -0.2) is 0 Å². The van der Waals surface area contributed by atoms with Crippen molar-refractivity contribution in [3.8, 4) is 11.8 Å². The first-order chi connectivity index (χ1) is 9.60. The third-order valence-corrected chi connectivity index (χ3v) is 2.74. The number of nitrogens with one attached hydrogen (secondary N) is 1. The summed E-state index contributed by atoms with van der Waals surface area (Å²) in [5.41, 5.74) is 6.87. The predicted molar refractivity (Wildman–Crippen MR) is 78.5 cm³/mol. The summed E-state index contributed by atoms with van der Waals surface area (Å²) in [6.45, 7) is 0.246. The summed E-state index contributed by atoms with van der Waals surface area (Å²) in [5, 5.41) is 7.30. The molecule has 0 aliphatic heterocycles. The molecule has 2 rings (SSSR count). The third-order valence-electron chi connectivity index (χ3n) is 2.50. The molecule has 6 heteroatoms. The number of carbonyl (C=O) groups excluding carboxylic acids is 1. The van der Waals surface area contributed by atoms with E-state index in [1.807, 2.05) is 0 Å². The number of benzene rings is 1. The maximum absolute atomic E-state index is 12.1. The van der Waals surface area contributed by atoms with Crippen molar-refractivity contribution in [3.05, 3.63) is 46.7 Å². The Morgan fingerprint density at radius 2 is 2.30 bits per heavy atom. The van der Waals surface area contributed by atoms with Crippen LogP contribution in [0, 0.1) is 11.8 Å². The van der Waals surface area contributed by atoms with E-state index in [9.17, 15) is 4.79 Å². The number of aromatic nitrogens is 2. The number of aryl methyl sites for hydroxylation is 1. The Kier molecular flexibility index (Phi) is 4.41. The molecule has 1 aromatic heterocycles. The van der Waals surface area contributed by atoms with Gasteiger partial charge < -0.3 is 11.1 Å². The molecule has 5 nitrogen and oxygen atoms in total. The van der Waals surface area contributed by atoms with Gasteiger partial charge >= 0.3 is 0 Å². The van der Waals surface area contributed by atoms with Crippen LogP contribution in [0.1, 0.15) is 16.1 Å². The van der Waals surface area contributed by atoms with Crippen molar-refractivity contribution >= 4 is 23.2 Å². The summed E-state index contributed by atoms with van der Waals surface area (Å²) >= 11 is 5.94. The standard InChI is InChI=1S/C14H13ClN4O/c1-19-8-6-12(18-19)14(20)17-13-9-11(15)5-4-10(13)3-2-7-16/h4-6,8-9H,7,16H2,1H3,(H,17,20). The fourth-order valence-corrected chi connectivity index (χ4v) is 1.77. The summed E-state index contributed by atoms with van der Waals surface area (Å²) in [7, 11) is 1.74. The lowest BCUT2D eigenvalue weighted by atomic mass is 10.1. The van der Waals surface area contributed by atoms with Crippen LogP contribution in [0.15, 0.2) is 30.5 Å². The Balaban J connectivity index is 2.28. The Morgan fingerprint density at radius 1 is 1.50 bits per heavy atom. The first kappa shape index (κ1) is 14.1. The quantitative estimate of drug-likeness (QED) is 0.825. The highest BCUT2D eigenvalue weighted by Gasteiger charge is 2.11. The third kappa shape index (κ3) is 3.38. The number of hydrogen-bond acceptors (Lipinski definition) is 3. The summed E-state index contributed by atoms with van der Waals surface area (Å²) in [5.74, 6) is 5.32. The average molecular weight is 289 g/mol. The monoisotopic (exact) mass is 288 g/mol. The Morgan fingerprint density at radius 3 is 2.95 bits per heavy atom. The van der Waals surface area contributed by atoms with E-state index in [-0.39, 0.29) is 12.5 Å². The van der Waals surface area contributed by atoms with E-state index >= 15 is 0 Å². The lowest BCUT2D eigenvalue weighted by Gasteiger charge is -2.06. The molecule has 2 aromatic rings. The number of carbonyl (C=O) groups is 1. The minimum Gasteiger partial charge on any atom is -0.320 e. The molecule has 0 aliphatic carbocycles. The summed E-state index contributed by atoms with van der Waals surface area (Å²) in [4.78, 5) is 12.1. The number of anilines is 1. The van der Waals surface area contributed by atoms with Gasteiger partial charge in [-0.3, -0.25) is 9.48 Å². The number of rotatable bonds is 2. The van der Waals surface area contributed by atoms with E-state index in [4.69, 9.17) is 17.3 Å². The fraction of sp³-hybridized carbons (Fsp3) is 0.143. The van der Waals surface area contributed by atoms with E-state index in [0.29, 0.717) is 22.0 Å². The van der Waals surface area contributed by atoms with Gasteiger partial charge in [0.05, 0.1) is 12.2 Å². The molecule has 1 aromatic carbocycles. The average Bonchev–Trinajstić information content (AvgIpc) is 2.85. The minimum absolute atomic E-state index is 0.246. The zero-order valence-electron chi connectivity index (χ0n) is 10.9. The molecule has 0 aliphatic rings. The molecule has 20 heavy (non-hydrogen) atoms. The molecule has 0 atom stereocenters. The van der Waals surface area contributed by atoms with Crippen LogP contribution in [0.3, 0.4) is 0 Å². The van der Waals surface area contributed by atoms with Crippen LogP contribution >= 0.6 is 11.6 Å². The van der Waals surface area contributed by atoms with E-state index in [1.54, 1.807) is 42.2 Å². The van der Waals surface area contributed by atoms with Crippen LogP contribution in [-0.2, 0) is 7.05 Å². The smallest absolute Gasteiger partial charge is 0.276 e. The molecular formula is C14H13ClN4O. The van der Waals surface area contributed by atoms with Crippen LogP contribution in [0.25, 0.3) is 0 Å². The highest BCUT2D eigenvalue weighted by molar-refractivity contribution is 6.31. The molecule has 1 heterocycles. The first-order valence-corrected chi connectivity index (χ1v) is 6.27. The van der Waals surface area contributed by atoms with Crippen molar-refractivity contribution in [2.45, 2.75) is 0 Å². The van der Waals surface area contributed by atoms with E-state index in [0.717, 1.165) is 0 Å². The van der Waals surface area contributed by atoms with Crippen LogP contribution < -0.4 is 11.1 Å². The van der Waals surface area contributed by atoms with E-state index in [1.165, 1.54) is 0 Å². The number of halogens is 1. The Hall–Kier alpha value is -2.29. The molecule has 1 amide bonds. The minimum atomic E-state index is -0.316. The number of hydrogen-bond donors (Lipinski definition) is 2. The second-order valence-corrected chi connectivity index (χ2v) is 4.46. The number of amides is 1. The highest BCUT2D eigenvalue weighted by atomic mass is 35.5. The van der Waals surface area contributed by atoms with Gasteiger partial charge in [0.15, 0.2) is 5.69 Å². The molecular weight excluding hydrogens is 276 g/mol. The maximum Gasteiger partial charge on any atom is 0.276 e. The number of nitrogens with two attached hydrogens (primary N) is 1. The van der Waals surface area contributed by atoms with Crippen LogP contribution in [0.5, 0.6) is 0 Å². The van der Waals surface area contributed by atoms with Gasteiger partial charge in [0.25, 0.3) is 5.91 Å². The van der Waals surface area contributed by atoms with Crippen molar-refractivity contribution in [1.82, 2.24) is 9.78 Å². The zero-order valence-corrected chi connectivity index (χ0v) is 11.6. The van der Waals surface area contributed by atoms with Gasteiger partial charge in [-0.05, 0) is 24.3 Å². The molecule has 0 unspecified atom stereocenters.